The summed E-state index contributed by atoms with van der Waals surface area (Å²) in [6, 6.07) is 11.6. The molecule has 0 fully saturated rings. The molecule has 6 heteroatoms. The van der Waals surface area contributed by atoms with E-state index < -0.39 is 0 Å². The summed E-state index contributed by atoms with van der Waals surface area (Å²) < 4.78 is 16.0. The fourth-order valence-electron chi connectivity index (χ4n) is 2.99. The lowest BCUT2D eigenvalue weighted by Gasteiger charge is -2.18. The number of carbonyl (C=O) groups is 1. The van der Waals surface area contributed by atoms with Crippen LogP contribution in [0.1, 0.15) is 16.7 Å². The van der Waals surface area contributed by atoms with Crippen LogP contribution >= 0.6 is 0 Å². The molecule has 1 aliphatic heterocycles. The third kappa shape index (κ3) is 3.47. The molecule has 6 nitrogen and oxygen atoms in total. The predicted molar refractivity (Wildman–Crippen MR) is 94.0 cm³/mol. The van der Waals surface area contributed by atoms with Crippen LogP contribution in [0.4, 0.5) is 4.79 Å². The summed E-state index contributed by atoms with van der Waals surface area (Å²) in [7, 11) is 4.74. The maximum Gasteiger partial charge on any atom is 0.318 e. The van der Waals surface area contributed by atoms with Gasteiger partial charge >= 0.3 is 6.03 Å². The van der Waals surface area contributed by atoms with Crippen molar-refractivity contribution in [1.29, 1.82) is 0 Å². The zero-order chi connectivity index (χ0) is 17.8. The van der Waals surface area contributed by atoms with Crippen molar-refractivity contribution in [2.24, 2.45) is 0 Å². The standard InChI is InChI=1S/C19H22N2O4/c1-23-16-9-18(25-3)17(24-2)8-15(16)10-20-19(22)21-11-13-6-4-5-7-14(13)12-21/h4-9H,10-12H2,1-3H3,(H,20,22). The van der Waals surface area contributed by atoms with Crippen molar-refractivity contribution in [3.63, 3.8) is 0 Å². The minimum atomic E-state index is -0.104. The Morgan fingerprint density at radius 2 is 1.52 bits per heavy atom. The van der Waals surface area contributed by atoms with Crippen molar-refractivity contribution >= 4 is 6.03 Å². The summed E-state index contributed by atoms with van der Waals surface area (Å²) in [4.78, 5) is 14.3. The van der Waals surface area contributed by atoms with Crippen molar-refractivity contribution in [2.45, 2.75) is 19.6 Å². The number of benzene rings is 2. The van der Waals surface area contributed by atoms with Gasteiger partial charge in [-0.15, -0.1) is 0 Å². The number of amides is 2. The zero-order valence-electron chi connectivity index (χ0n) is 14.7. The predicted octanol–water partition coefficient (Wildman–Crippen LogP) is 2.94. The Bertz CT molecular complexity index is 751. The molecule has 0 radical (unpaired) electrons. The number of methoxy groups -OCH3 is 3. The van der Waals surface area contributed by atoms with Crippen LogP contribution < -0.4 is 19.5 Å². The number of nitrogens with one attached hydrogen (secondary N) is 1. The van der Waals surface area contributed by atoms with E-state index in [9.17, 15) is 4.79 Å². The molecule has 2 amide bonds. The second-order valence-electron chi connectivity index (χ2n) is 5.80. The normalized spacial score (nSPS) is 12.5. The van der Waals surface area contributed by atoms with Crippen LogP contribution in [0.2, 0.25) is 0 Å². The molecule has 132 valence electrons. The van der Waals surface area contributed by atoms with Gasteiger partial charge in [0.25, 0.3) is 0 Å². The van der Waals surface area contributed by atoms with Crippen LogP contribution in [0, 0.1) is 0 Å². The Labute approximate surface area is 147 Å². The number of nitrogens with zero attached hydrogens (tertiary/aromatic N) is 1. The summed E-state index contributed by atoms with van der Waals surface area (Å²) >= 11 is 0. The van der Waals surface area contributed by atoms with Gasteiger partial charge in [0.1, 0.15) is 5.75 Å². The molecule has 0 aliphatic carbocycles. The van der Waals surface area contributed by atoms with Gasteiger partial charge in [-0.2, -0.15) is 0 Å². The summed E-state index contributed by atoms with van der Waals surface area (Å²) in [5.41, 5.74) is 3.22. The molecule has 0 spiro atoms. The molecule has 1 N–H and O–H groups in total. The van der Waals surface area contributed by atoms with Gasteiger partial charge in [0.2, 0.25) is 0 Å². The summed E-state index contributed by atoms with van der Waals surface area (Å²) in [5.74, 6) is 1.83. The van der Waals surface area contributed by atoms with Gasteiger partial charge in [-0.1, -0.05) is 24.3 Å². The lowest BCUT2D eigenvalue weighted by Crippen LogP contribution is -2.36. The summed E-state index contributed by atoms with van der Waals surface area (Å²) in [6.07, 6.45) is 0. The van der Waals surface area contributed by atoms with Crippen LogP contribution in [0.3, 0.4) is 0 Å². The monoisotopic (exact) mass is 342 g/mol. The fourth-order valence-corrected chi connectivity index (χ4v) is 2.99. The summed E-state index contributed by atoms with van der Waals surface area (Å²) in [6.45, 7) is 1.60. The Kier molecular flexibility index (Phi) is 4.97. The molecule has 3 rings (SSSR count). The van der Waals surface area contributed by atoms with Crippen molar-refractivity contribution in [2.75, 3.05) is 21.3 Å². The molecule has 1 heterocycles. The van der Waals surface area contributed by atoms with Crippen LogP contribution in [0.15, 0.2) is 36.4 Å². The first kappa shape index (κ1) is 17.0. The SMILES string of the molecule is COc1cc(OC)c(OC)cc1CNC(=O)N1Cc2ccccc2C1. The number of ether oxygens (including phenoxy) is 3. The molecule has 2 aromatic carbocycles. The first-order valence-corrected chi connectivity index (χ1v) is 8.04. The average Bonchev–Trinajstić information content (AvgIpc) is 3.09. The lowest BCUT2D eigenvalue weighted by atomic mass is 10.1. The number of fused-ring (bicyclic) bond motifs is 1. The lowest BCUT2D eigenvalue weighted by molar-refractivity contribution is 0.198. The smallest absolute Gasteiger partial charge is 0.318 e. The van der Waals surface area contributed by atoms with E-state index in [0.717, 1.165) is 5.56 Å². The Balaban J connectivity index is 1.68. The molecule has 0 saturated carbocycles. The first-order valence-electron chi connectivity index (χ1n) is 8.04. The van der Waals surface area contributed by atoms with E-state index >= 15 is 0 Å². The van der Waals surface area contributed by atoms with E-state index in [0.29, 0.717) is 36.9 Å². The van der Waals surface area contributed by atoms with Gasteiger partial charge in [-0.25, -0.2) is 4.79 Å². The van der Waals surface area contributed by atoms with Crippen LogP contribution in [0.5, 0.6) is 17.2 Å². The van der Waals surface area contributed by atoms with Gasteiger partial charge in [0, 0.05) is 31.3 Å². The summed E-state index contributed by atoms with van der Waals surface area (Å²) in [5, 5.41) is 2.95. The highest BCUT2D eigenvalue weighted by atomic mass is 16.5. The van der Waals surface area contributed by atoms with Gasteiger partial charge in [0.05, 0.1) is 21.3 Å². The largest absolute Gasteiger partial charge is 0.496 e. The quantitative estimate of drug-likeness (QED) is 0.908. The van der Waals surface area contributed by atoms with Gasteiger partial charge in [-0.3, -0.25) is 0 Å². The van der Waals surface area contributed by atoms with Crippen LogP contribution in [-0.2, 0) is 19.6 Å². The van der Waals surface area contributed by atoms with Crippen LogP contribution in [-0.4, -0.2) is 32.3 Å². The molecule has 0 aromatic heterocycles. The van der Waals surface area contributed by atoms with E-state index in [2.05, 4.69) is 17.4 Å². The van der Waals surface area contributed by atoms with E-state index in [4.69, 9.17) is 14.2 Å². The van der Waals surface area contributed by atoms with Gasteiger partial charge < -0.3 is 24.4 Å². The first-order chi connectivity index (χ1) is 12.2. The molecule has 1 aliphatic rings. The average molecular weight is 342 g/mol. The van der Waals surface area contributed by atoms with Crippen molar-refractivity contribution < 1.29 is 19.0 Å². The number of hydrogen-bond acceptors (Lipinski definition) is 4. The third-order valence-electron chi connectivity index (χ3n) is 4.34. The fraction of sp³-hybridized carbons (Fsp3) is 0.316. The maximum atomic E-state index is 12.5. The highest BCUT2D eigenvalue weighted by Crippen LogP contribution is 2.34. The van der Waals surface area contributed by atoms with Crippen molar-refractivity contribution in [3.8, 4) is 17.2 Å². The second kappa shape index (κ2) is 7.34. The van der Waals surface area contributed by atoms with Crippen molar-refractivity contribution in [3.05, 3.63) is 53.1 Å². The molecule has 0 atom stereocenters. The maximum absolute atomic E-state index is 12.5. The van der Waals surface area contributed by atoms with E-state index in [1.54, 1.807) is 32.3 Å². The number of carbonyl (C=O) groups excluding carboxylic acids is 1. The number of urea groups is 1. The van der Waals surface area contributed by atoms with E-state index in [-0.39, 0.29) is 6.03 Å². The third-order valence-corrected chi connectivity index (χ3v) is 4.34. The Morgan fingerprint density at radius 3 is 2.08 bits per heavy atom. The van der Waals surface area contributed by atoms with E-state index in [1.807, 2.05) is 18.2 Å². The van der Waals surface area contributed by atoms with Gasteiger partial charge in [0.15, 0.2) is 11.5 Å². The van der Waals surface area contributed by atoms with Crippen LogP contribution in [0.25, 0.3) is 0 Å². The minimum Gasteiger partial charge on any atom is -0.496 e. The second-order valence-corrected chi connectivity index (χ2v) is 5.80. The molecule has 0 bridgehead atoms. The van der Waals surface area contributed by atoms with Crippen molar-refractivity contribution in [1.82, 2.24) is 10.2 Å². The highest BCUT2D eigenvalue weighted by molar-refractivity contribution is 5.75. The minimum absolute atomic E-state index is 0.104. The number of hydrogen-bond donors (Lipinski definition) is 1. The van der Waals surface area contributed by atoms with E-state index in [1.165, 1.54) is 11.1 Å². The molecule has 2 aromatic rings. The topological polar surface area (TPSA) is 60.0 Å². The molecular formula is C19H22N2O4. The highest BCUT2D eigenvalue weighted by Gasteiger charge is 2.23. The molecular weight excluding hydrogens is 320 g/mol. The Morgan fingerprint density at radius 1 is 0.960 bits per heavy atom. The molecule has 25 heavy (non-hydrogen) atoms. The van der Waals surface area contributed by atoms with Gasteiger partial charge in [-0.05, 0) is 17.2 Å². The molecule has 0 saturated heterocycles. The Hall–Kier alpha value is -2.89. The zero-order valence-corrected chi connectivity index (χ0v) is 14.7. The number of rotatable bonds is 5. The molecule has 0 unspecified atom stereocenters.